The van der Waals surface area contributed by atoms with Gasteiger partial charge in [0, 0.05) is 23.2 Å². The number of aromatic nitrogens is 6. The van der Waals surface area contributed by atoms with E-state index in [2.05, 4.69) is 91.5 Å². The highest BCUT2D eigenvalue weighted by molar-refractivity contribution is 6.29. The molecule has 3 N–H and O–H groups in total. The second kappa shape index (κ2) is 18.8. The van der Waals surface area contributed by atoms with E-state index in [1.54, 1.807) is 24.8 Å². The van der Waals surface area contributed by atoms with Gasteiger partial charge in [0.1, 0.15) is 47.3 Å². The van der Waals surface area contributed by atoms with Gasteiger partial charge in [-0.1, -0.05) is 72.3 Å². The molecule has 0 spiro atoms. The molecule has 4 heterocycles. The zero-order chi connectivity index (χ0) is 40.3. The lowest BCUT2D eigenvalue weighted by Crippen LogP contribution is -2.02. The Kier molecular flexibility index (Phi) is 13.2. The summed E-state index contributed by atoms with van der Waals surface area (Å²) in [6, 6.07) is 32.4. The van der Waals surface area contributed by atoms with Crippen LogP contribution in [0.15, 0.2) is 122 Å². The van der Waals surface area contributed by atoms with Crippen molar-refractivity contribution < 1.29 is 9.47 Å². The van der Waals surface area contributed by atoms with Crippen LogP contribution in [-0.2, 0) is 13.2 Å². The standard InChI is InChI=1S/C23H22N4O.C17H14ClNO.C6H9N3/c1-15-8-9-21(20-7-5-4-6-19(15)20)28-14-18-10-11-24-22(12-18)27-23-13-25-16(2)17(3)26-23;1-12-6-7-16(15-5-3-2-4-14(12)15)20-11-13-8-9-19-17(18)10-13;1-4-5(2)9-6(7)3-8-4/h4-13H,14H2,1-3H3,(H,24,26,27);2-10H,11H2,1H3;3H,1-2H3,(H2,7,9). The zero-order valence-corrected chi connectivity index (χ0v) is 33.7. The van der Waals surface area contributed by atoms with E-state index in [0.717, 1.165) is 56.2 Å². The molecule has 0 aliphatic heterocycles. The Labute approximate surface area is 338 Å². The summed E-state index contributed by atoms with van der Waals surface area (Å²) in [4.78, 5) is 25.1. The molecule has 0 saturated carbocycles. The highest BCUT2D eigenvalue weighted by atomic mass is 35.5. The molecule has 0 aliphatic rings. The Bertz CT molecular complexity index is 2630. The number of nitrogens with zero attached hydrogens (tertiary/aromatic N) is 6. The van der Waals surface area contributed by atoms with Gasteiger partial charge in [-0.3, -0.25) is 9.97 Å². The summed E-state index contributed by atoms with van der Waals surface area (Å²) < 4.78 is 12.0. The zero-order valence-electron chi connectivity index (χ0n) is 32.9. The lowest BCUT2D eigenvalue weighted by molar-refractivity contribution is 0.310. The largest absolute Gasteiger partial charge is 0.488 e. The molecule has 4 aromatic carbocycles. The molecular weight excluding hydrogens is 732 g/mol. The molecule has 0 fully saturated rings. The van der Waals surface area contributed by atoms with Gasteiger partial charge in [0.15, 0.2) is 0 Å². The predicted molar refractivity (Wildman–Crippen MR) is 230 cm³/mol. The van der Waals surface area contributed by atoms with Gasteiger partial charge in [-0.05, 0) is 111 Å². The van der Waals surface area contributed by atoms with Crippen LogP contribution in [0.2, 0.25) is 5.15 Å². The van der Waals surface area contributed by atoms with Crippen molar-refractivity contribution in [3.05, 3.63) is 172 Å². The molecule has 0 bridgehead atoms. The number of benzene rings is 4. The van der Waals surface area contributed by atoms with E-state index in [0.29, 0.717) is 35.8 Å². The average Bonchev–Trinajstić information content (AvgIpc) is 3.21. The van der Waals surface area contributed by atoms with E-state index in [1.807, 2.05) is 82.3 Å². The Morgan fingerprint density at radius 2 is 1.04 bits per heavy atom. The average molecular weight is 777 g/mol. The van der Waals surface area contributed by atoms with E-state index >= 15 is 0 Å². The summed E-state index contributed by atoms with van der Waals surface area (Å²) in [5, 5.41) is 8.38. The van der Waals surface area contributed by atoms with Gasteiger partial charge in [-0.15, -0.1) is 0 Å². The van der Waals surface area contributed by atoms with Crippen molar-refractivity contribution in [2.75, 3.05) is 11.1 Å². The third-order valence-electron chi connectivity index (χ3n) is 9.27. The van der Waals surface area contributed by atoms with Crippen molar-refractivity contribution in [3.63, 3.8) is 0 Å². The van der Waals surface area contributed by atoms with Gasteiger partial charge >= 0.3 is 0 Å². The molecular formula is C46H45ClN8O2. The molecule has 0 saturated heterocycles. The first kappa shape index (κ1) is 40.0. The van der Waals surface area contributed by atoms with E-state index in [4.69, 9.17) is 26.8 Å². The number of nitrogens with two attached hydrogens (primary N) is 1. The van der Waals surface area contributed by atoms with Crippen LogP contribution in [0.4, 0.5) is 17.5 Å². The molecule has 0 atom stereocenters. The van der Waals surface area contributed by atoms with E-state index < -0.39 is 0 Å². The van der Waals surface area contributed by atoms with E-state index in [9.17, 15) is 0 Å². The molecule has 4 aromatic heterocycles. The van der Waals surface area contributed by atoms with Crippen LogP contribution in [0, 0.1) is 41.5 Å². The van der Waals surface area contributed by atoms with Crippen LogP contribution in [-0.4, -0.2) is 29.9 Å². The summed E-state index contributed by atoms with van der Waals surface area (Å²) >= 11 is 5.88. The van der Waals surface area contributed by atoms with E-state index in [-0.39, 0.29) is 0 Å². The number of aryl methyl sites for hydroxylation is 6. The second-order valence-electron chi connectivity index (χ2n) is 13.5. The van der Waals surface area contributed by atoms with Gasteiger partial charge in [-0.25, -0.2) is 19.9 Å². The fourth-order valence-electron chi connectivity index (χ4n) is 5.88. The fraction of sp³-hybridized carbons (Fsp3) is 0.174. The van der Waals surface area contributed by atoms with Crippen LogP contribution in [0.25, 0.3) is 21.5 Å². The van der Waals surface area contributed by atoms with Gasteiger partial charge < -0.3 is 20.5 Å². The number of rotatable bonds is 8. The first-order chi connectivity index (χ1) is 27.5. The highest BCUT2D eigenvalue weighted by Crippen LogP contribution is 2.30. The van der Waals surface area contributed by atoms with Gasteiger partial charge in [-0.2, -0.15) is 0 Å². The molecule has 8 aromatic rings. The number of pyridine rings is 2. The highest BCUT2D eigenvalue weighted by Gasteiger charge is 2.08. The number of halogens is 1. The normalized spacial score (nSPS) is 10.6. The van der Waals surface area contributed by atoms with Crippen molar-refractivity contribution in [2.45, 2.75) is 54.8 Å². The fourth-order valence-corrected chi connectivity index (χ4v) is 6.07. The smallest absolute Gasteiger partial charge is 0.150 e. The summed E-state index contributed by atoms with van der Waals surface area (Å²) in [6.45, 7) is 12.8. The van der Waals surface area contributed by atoms with Gasteiger partial charge in [0.05, 0.1) is 35.2 Å². The molecule has 57 heavy (non-hydrogen) atoms. The van der Waals surface area contributed by atoms with Crippen LogP contribution in [0.5, 0.6) is 11.5 Å². The molecule has 288 valence electrons. The molecule has 0 radical (unpaired) electrons. The third-order valence-corrected chi connectivity index (χ3v) is 9.47. The maximum absolute atomic E-state index is 6.12. The van der Waals surface area contributed by atoms with Crippen molar-refractivity contribution >= 4 is 50.6 Å². The molecule has 0 amide bonds. The Balaban J connectivity index is 0.000000164. The summed E-state index contributed by atoms with van der Waals surface area (Å²) in [7, 11) is 0. The number of anilines is 3. The van der Waals surface area contributed by atoms with Crippen LogP contribution in [0.1, 0.15) is 45.0 Å². The maximum Gasteiger partial charge on any atom is 0.150 e. The SMILES string of the molecule is Cc1ccc(OCc2ccnc(Cl)c2)c2ccccc12.Cc1ncc(N)nc1C.Cc1ncc(Nc2cc(COc3ccc(C)c4ccccc34)ccn2)nc1C. The first-order valence-electron chi connectivity index (χ1n) is 18.4. The number of nitrogen functional groups attached to an aromatic ring is 1. The summed E-state index contributed by atoms with van der Waals surface area (Å²) in [5.41, 5.74) is 13.5. The van der Waals surface area contributed by atoms with Crippen molar-refractivity contribution in [1.29, 1.82) is 0 Å². The molecule has 10 nitrogen and oxygen atoms in total. The minimum atomic E-state index is 0.461. The van der Waals surface area contributed by atoms with E-state index in [1.165, 1.54) is 21.9 Å². The minimum absolute atomic E-state index is 0.461. The third kappa shape index (κ3) is 10.8. The Morgan fingerprint density at radius 3 is 1.56 bits per heavy atom. The molecule has 0 aliphatic carbocycles. The van der Waals surface area contributed by atoms with Crippen LogP contribution >= 0.6 is 11.6 Å². The topological polar surface area (TPSA) is 134 Å². The maximum atomic E-state index is 6.12. The van der Waals surface area contributed by atoms with Crippen LogP contribution < -0.4 is 20.5 Å². The lowest BCUT2D eigenvalue weighted by Gasteiger charge is -2.12. The lowest BCUT2D eigenvalue weighted by atomic mass is 10.0. The number of hydrogen-bond donors (Lipinski definition) is 2. The number of hydrogen-bond acceptors (Lipinski definition) is 10. The Morgan fingerprint density at radius 1 is 0.526 bits per heavy atom. The number of nitrogens with one attached hydrogen (secondary N) is 1. The minimum Gasteiger partial charge on any atom is -0.488 e. The monoisotopic (exact) mass is 776 g/mol. The molecule has 0 unspecified atom stereocenters. The van der Waals surface area contributed by atoms with Crippen molar-refractivity contribution in [1.82, 2.24) is 29.9 Å². The van der Waals surface area contributed by atoms with Gasteiger partial charge in [0.2, 0.25) is 0 Å². The summed E-state index contributed by atoms with van der Waals surface area (Å²) in [6.07, 6.45) is 6.73. The van der Waals surface area contributed by atoms with Crippen molar-refractivity contribution in [2.24, 2.45) is 0 Å². The van der Waals surface area contributed by atoms with Gasteiger partial charge in [0.25, 0.3) is 0 Å². The predicted octanol–water partition coefficient (Wildman–Crippen LogP) is 10.7. The first-order valence-corrected chi connectivity index (χ1v) is 18.8. The number of fused-ring (bicyclic) bond motifs is 2. The molecule has 11 heteroatoms. The van der Waals surface area contributed by atoms with Crippen molar-refractivity contribution in [3.8, 4) is 11.5 Å². The summed E-state index contributed by atoms with van der Waals surface area (Å²) in [5.74, 6) is 3.65. The second-order valence-corrected chi connectivity index (χ2v) is 13.9. The Hall–Kier alpha value is -6.65. The van der Waals surface area contributed by atoms with Crippen LogP contribution in [0.3, 0.4) is 0 Å². The quantitative estimate of drug-likeness (QED) is 0.144. The molecule has 8 rings (SSSR count). The number of ether oxygens (including phenoxy) is 2.